The molecule has 2 rings (SSSR count). The van der Waals surface area contributed by atoms with Gasteiger partial charge in [0.25, 0.3) is 0 Å². The van der Waals surface area contributed by atoms with E-state index in [2.05, 4.69) is 6.92 Å². The molecule has 0 aliphatic carbocycles. The fourth-order valence-corrected chi connectivity index (χ4v) is 5.86. The summed E-state index contributed by atoms with van der Waals surface area (Å²) in [5.74, 6) is -0.800. The van der Waals surface area contributed by atoms with E-state index in [1.165, 1.54) is 17.1 Å². The monoisotopic (exact) mass is 391 g/mol. The first kappa shape index (κ1) is 21.6. The van der Waals surface area contributed by atoms with Gasteiger partial charge in [-0.05, 0) is 31.6 Å². The second-order valence-corrected chi connectivity index (χ2v) is 9.62. The maximum Gasteiger partial charge on any atom is 0.326 e. The molecule has 2 aliphatic rings. The summed E-state index contributed by atoms with van der Waals surface area (Å²) in [7, 11) is -3.88. The average Bonchev–Trinajstić information content (AvgIpc) is 2.65. The minimum Gasteiger partial charge on any atom is -0.480 e. The number of carboxylic acids is 1. The average molecular weight is 392 g/mol. The number of sulfonamides is 1. The highest BCUT2D eigenvalue weighted by Gasteiger charge is 2.54. The molecule has 0 atom stereocenters. The first-order valence-corrected chi connectivity index (χ1v) is 11.3. The van der Waals surface area contributed by atoms with Crippen LogP contribution in [0, 0.1) is 5.92 Å². The van der Waals surface area contributed by atoms with Crippen molar-refractivity contribution in [3.8, 4) is 0 Å². The van der Waals surface area contributed by atoms with Crippen LogP contribution < -0.4 is 0 Å². The Labute approximate surface area is 157 Å². The smallest absolute Gasteiger partial charge is 0.326 e. The van der Waals surface area contributed by atoms with Gasteiger partial charge in [0.1, 0.15) is 0 Å². The Balaban J connectivity index is 1.83. The molecular weight excluding hydrogens is 358 g/mol. The molecule has 0 saturated carbocycles. The normalized spacial score (nSPS) is 22.3. The van der Waals surface area contributed by atoms with Crippen molar-refractivity contribution in [1.82, 2.24) is 4.31 Å². The van der Waals surface area contributed by atoms with Gasteiger partial charge in [0, 0.05) is 52.4 Å². The number of aliphatic carboxylic acids is 1. The molecule has 2 saturated heterocycles. The molecule has 2 aliphatic heterocycles. The number of hydrogen-bond donors (Lipinski definition) is 1. The molecule has 0 aromatic rings. The van der Waals surface area contributed by atoms with Crippen molar-refractivity contribution < 1.29 is 27.8 Å². The number of hydrogen-bond acceptors (Lipinski definition) is 5. The van der Waals surface area contributed by atoms with Gasteiger partial charge in [0.15, 0.2) is 4.75 Å². The van der Waals surface area contributed by atoms with Crippen LogP contribution >= 0.6 is 0 Å². The summed E-state index contributed by atoms with van der Waals surface area (Å²) in [4.78, 5) is 11.8. The van der Waals surface area contributed by atoms with Crippen molar-refractivity contribution in [2.45, 2.75) is 63.0 Å². The molecule has 152 valence electrons. The van der Waals surface area contributed by atoms with Gasteiger partial charge in [0.2, 0.25) is 10.0 Å². The highest BCUT2D eigenvalue weighted by atomic mass is 32.2. The molecule has 2 fully saturated rings. The van der Waals surface area contributed by atoms with Crippen LogP contribution in [0.3, 0.4) is 0 Å². The zero-order valence-electron chi connectivity index (χ0n) is 15.8. The molecule has 8 heteroatoms. The van der Waals surface area contributed by atoms with Crippen molar-refractivity contribution in [2.24, 2.45) is 5.92 Å². The van der Waals surface area contributed by atoms with Gasteiger partial charge in [-0.1, -0.05) is 19.8 Å². The Kier molecular flexibility index (Phi) is 8.32. The predicted octanol–water partition coefficient (Wildman–Crippen LogP) is 2.26. The fraction of sp³-hybridized carbons (Fsp3) is 0.944. The van der Waals surface area contributed by atoms with Crippen molar-refractivity contribution in [3.05, 3.63) is 0 Å². The summed E-state index contributed by atoms with van der Waals surface area (Å²) in [5.41, 5.74) is 0. The molecular formula is C18H33NO6S. The highest BCUT2D eigenvalue weighted by molar-refractivity contribution is 7.91. The number of ether oxygens (including phenoxy) is 2. The van der Waals surface area contributed by atoms with Crippen LogP contribution in [0.15, 0.2) is 0 Å². The Morgan fingerprint density at radius 1 is 1.19 bits per heavy atom. The molecule has 0 spiro atoms. The molecule has 7 nitrogen and oxygen atoms in total. The molecule has 2 heterocycles. The molecule has 26 heavy (non-hydrogen) atoms. The number of nitrogens with zero attached hydrogens (tertiary/aromatic N) is 1. The number of carbonyl (C=O) groups is 1. The predicted molar refractivity (Wildman–Crippen MR) is 98.6 cm³/mol. The first-order chi connectivity index (χ1) is 12.4. The summed E-state index contributed by atoms with van der Waals surface area (Å²) >= 11 is 0. The topological polar surface area (TPSA) is 93.1 Å². The van der Waals surface area contributed by atoms with Crippen LogP contribution in [0.2, 0.25) is 0 Å². The number of unbranched alkanes of at least 4 members (excludes halogenated alkanes) is 2. The van der Waals surface area contributed by atoms with Gasteiger partial charge in [-0.2, -0.15) is 0 Å². The summed E-state index contributed by atoms with van der Waals surface area (Å²) in [6.45, 7) is 4.84. The van der Waals surface area contributed by atoms with Crippen molar-refractivity contribution in [1.29, 1.82) is 0 Å². The molecule has 0 amide bonds. The second kappa shape index (κ2) is 10.0. The van der Waals surface area contributed by atoms with Crippen LogP contribution in [0.1, 0.15) is 58.3 Å². The lowest BCUT2D eigenvalue weighted by Gasteiger charge is -2.39. The van der Waals surface area contributed by atoms with Crippen LogP contribution in [-0.2, 0) is 24.3 Å². The van der Waals surface area contributed by atoms with E-state index in [9.17, 15) is 18.3 Å². The quantitative estimate of drug-likeness (QED) is 0.574. The maximum atomic E-state index is 13.0. The lowest BCUT2D eigenvalue weighted by atomic mass is 9.95. The van der Waals surface area contributed by atoms with E-state index < -0.39 is 20.7 Å². The van der Waals surface area contributed by atoms with E-state index in [1.54, 1.807) is 0 Å². The molecule has 0 bridgehead atoms. The summed E-state index contributed by atoms with van der Waals surface area (Å²) < 4.78 is 36.6. The van der Waals surface area contributed by atoms with Gasteiger partial charge in [-0.15, -0.1) is 0 Å². The lowest BCUT2D eigenvalue weighted by Crippen LogP contribution is -2.57. The largest absolute Gasteiger partial charge is 0.480 e. The minimum atomic E-state index is -3.88. The van der Waals surface area contributed by atoms with Gasteiger partial charge < -0.3 is 14.6 Å². The van der Waals surface area contributed by atoms with Crippen molar-refractivity contribution in [3.63, 3.8) is 0 Å². The van der Waals surface area contributed by atoms with Crippen LogP contribution in [0.5, 0.6) is 0 Å². The first-order valence-electron chi connectivity index (χ1n) is 9.82. The molecule has 0 aromatic heterocycles. The molecule has 1 N–H and O–H groups in total. The van der Waals surface area contributed by atoms with E-state index in [0.717, 1.165) is 38.9 Å². The van der Waals surface area contributed by atoms with Gasteiger partial charge in [0.05, 0.1) is 0 Å². The van der Waals surface area contributed by atoms with E-state index in [-0.39, 0.29) is 26.1 Å². The minimum absolute atomic E-state index is 0.0240. The van der Waals surface area contributed by atoms with E-state index in [4.69, 9.17) is 9.47 Å². The van der Waals surface area contributed by atoms with Gasteiger partial charge in [-0.3, -0.25) is 4.79 Å². The standard InChI is InChI=1S/C18H33NO6S/c1-2-3-4-12-24-13-7-16-5-10-19(11-6-16)26(22,23)18(17(20)21)8-14-25-15-9-18/h16H,2-15H2,1H3,(H,20,21). The Morgan fingerprint density at radius 3 is 2.42 bits per heavy atom. The molecule has 0 unspecified atom stereocenters. The van der Waals surface area contributed by atoms with E-state index >= 15 is 0 Å². The summed E-state index contributed by atoms with van der Waals surface area (Å²) in [6.07, 6.45) is 5.98. The summed E-state index contributed by atoms with van der Waals surface area (Å²) in [5, 5.41) is 9.63. The third-order valence-corrected chi connectivity index (χ3v) is 8.28. The number of rotatable bonds is 10. The highest BCUT2D eigenvalue weighted by Crippen LogP contribution is 2.35. The lowest BCUT2D eigenvalue weighted by molar-refractivity contribution is -0.142. The Morgan fingerprint density at radius 2 is 1.85 bits per heavy atom. The number of carboxylic acid groups (broad SMARTS) is 1. The zero-order chi connectivity index (χ0) is 19.0. The summed E-state index contributed by atoms with van der Waals surface area (Å²) in [6, 6.07) is 0. The van der Waals surface area contributed by atoms with E-state index in [0.29, 0.717) is 19.0 Å². The SMILES string of the molecule is CCCCCOCCC1CCN(S(=O)(=O)C2(C(=O)O)CCOCC2)CC1. The fourth-order valence-electron chi connectivity index (χ4n) is 3.77. The van der Waals surface area contributed by atoms with Crippen molar-refractivity contribution >= 4 is 16.0 Å². The molecule has 0 radical (unpaired) electrons. The van der Waals surface area contributed by atoms with Crippen LogP contribution in [0.25, 0.3) is 0 Å². The zero-order valence-corrected chi connectivity index (χ0v) is 16.6. The van der Waals surface area contributed by atoms with E-state index in [1.807, 2.05) is 0 Å². The second-order valence-electron chi connectivity index (χ2n) is 7.37. The number of piperidine rings is 1. The van der Waals surface area contributed by atoms with Crippen LogP contribution in [0.4, 0.5) is 0 Å². The molecule has 0 aromatic carbocycles. The van der Waals surface area contributed by atoms with Gasteiger partial charge in [-0.25, -0.2) is 12.7 Å². The maximum absolute atomic E-state index is 13.0. The van der Waals surface area contributed by atoms with Crippen LogP contribution in [-0.4, -0.2) is 68.1 Å². The Hall–Kier alpha value is -0.700. The third-order valence-electron chi connectivity index (χ3n) is 5.66. The third kappa shape index (κ3) is 4.97. The van der Waals surface area contributed by atoms with Gasteiger partial charge >= 0.3 is 5.97 Å². The van der Waals surface area contributed by atoms with Crippen molar-refractivity contribution in [2.75, 3.05) is 39.5 Å². The Bertz CT molecular complexity index is 536.